The van der Waals surface area contributed by atoms with E-state index in [9.17, 15) is 4.79 Å². The number of anilines is 1. The Morgan fingerprint density at radius 2 is 1.67 bits per heavy atom. The predicted molar refractivity (Wildman–Crippen MR) is 94.1 cm³/mol. The zero-order valence-electron chi connectivity index (χ0n) is 13.3. The predicted octanol–water partition coefficient (Wildman–Crippen LogP) is 3.86. The number of aromatic nitrogens is 1. The van der Waals surface area contributed by atoms with E-state index in [1.54, 1.807) is 13.3 Å². The van der Waals surface area contributed by atoms with Gasteiger partial charge in [-0.1, -0.05) is 36.4 Å². The van der Waals surface area contributed by atoms with Gasteiger partial charge < -0.3 is 10.1 Å². The fourth-order valence-corrected chi connectivity index (χ4v) is 2.54. The first-order valence-corrected chi connectivity index (χ1v) is 7.69. The Kier molecular flexibility index (Phi) is 4.87. The second-order valence-corrected chi connectivity index (χ2v) is 5.32. The number of carbonyl (C=O) groups is 1. The number of ether oxygens (including phenoxy) is 1. The fraction of sp³-hybridized carbons (Fsp3) is 0.100. The van der Waals surface area contributed by atoms with E-state index in [1.807, 2.05) is 72.8 Å². The number of benzene rings is 2. The first-order valence-electron chi connectivity index (χ1n) is 7.69. The first-order chi connectivity index (χ1) is 11.8. The lowest BCUT2D eigenvalue weighted by atomic mass is 9.94. The molecule has 2 aromatic carbocycles. The largest absolute Gasteiger partial charge is 0.497 e. The van der Waals surface area contributed by atoms with Crippen LogP contribution in [0.2, 0.25) is 0 Å². The van der Waals surface area contributed by atoms with Gasteiger partial charge in [0.05, 0.1) is 12.8 Å². The lowest BCUT2D eigenvalue weighted by Gasteiger charge is -2.17. The normalized spacial score (nSPS) is 11.5. The Hall–Kier alpha value is -3.14. The van der Waals surface area contributed by atoms with Gasteiger partial charge in [0.15, 0.2) is 0 Å². The van der Waals surface area contributed by atoms with E-state index in [4.69, 9.17) is 4.74 Å². The van der Waals surface area contributed by atoms with Crippen LogP contribution in [0.25, 0.3) is 0 Å². The molecule has 3 rings (SSSR count). The number of carbonyl (C=O) groups excluding carboxylic acids is 1. The number of amides is 1. The molecule has 1 N–H and O–H groups in total. The highest BCUT2D eigenvalue weighted by atomic mass is 16.5. The minimum atomic E-state index is -0.463. The quantitative estimate of drug-likeness (QED) is 0.777. The molecule has 120 valence electrons. The molecule has 0 fully saturated rings. The maximum atomic E-state index is 12.9. The number of nitrogens with zero attached hydrogens (tertiary/aromatic N) is 1. The smallest absolute Gasteiger partial charge is 0.237 e. The molecule has 3 aromatic rings. The van der Waals surface area contributed by atoms with Crippen LogP contribution in [-0.4, -0.2) is 18.0 Å². The van der Waals surface area contributed by atoms with Gasteiger partial charge in [0.25, 0.3) is 0 Å². The van der Waals surface area contributed by atoms with Crippen molar-refractivity contribution in [1.82, 2.24) is 4.98 Å². The molecule has 24 heavy (non-hydrogen) atoms. The van der Waals surface area contributed by atoms with Crippen molar-refractivity contribution in [1.29, 1.82) is 0 Å². The van der Waals surface area contributed by atoms with Gasteiger partial charge in [-0.15, -0.1) is 0 Å². The summed E-state index contributed by atoms with van der Waals surface area (Å²) in [6, 6.07) is 22.5. The fourth-order valence-electron chi connectivity index (χ4n) is 2.54. The molecule has 4 nitrogen and oxygen atoms in total. The van der Waals surface area contributed by atoms with Crippen LogP contribution in [0.15, 0.2) is 79.0 Å². The summed E-state index contributed by atoms with van der Waals surface area (Å²) in [7, 11) is 1.61. The van der Waals surface area contributed by atoms with Crippen molar-refractivity contribution in [3.8, 4) is 5.75 Å². The van der Waals surface area contributed by atoms with Crippen LogP contribution < -0.4 is 10.1 Å². The van der Waals surface area contributed by atoms with Crippen LogP contribution in [0.4, 0.5) is 5.69 Å². The van der Waals surface area contributed by atoms with Crippen LogP contribution in [0.3, 0.4) is 0 Å². The lowest BCUT2D eigenvalue weighted by molar-refractivity contribution is -0.116. The van der Waals surface area contributed by atoms with Gasteiger partial charge in [-0.2, -0.15) is 0 Å². The van der Waals surface area contributed by atoms with Crippen LogP contribution in [0, 0.1) is 0 Å². The van der Waals surface area contributed by atoms with Gasteiger partial charge in [0.2, 0.25) is 5.91 Å². The highest BCUT2D eigenvalue weighted by Gasteiger charge is 2.23. The highest BCUT2D eigenvalue weighted by molar-refractivity contribution is 5.97. The highest BCUT2D eigenvalue weighted by Crippen LogP contribution is 2.25. The minimum Gasteiger partial charge on any atom is -0.497 e. The standard InChI is InChI=1S/C20H18N2O2/c1-24-17-12-10-16(11-13-17)22-20(23)19(15-7-3-2-4-8-15)18-9-5-6-14-21-18/h2-14,19H,1H3,(H,22,23). The summed E-state index contributed by atoms with van der Waals surface area (Å²) in [4.78, 5) is 17.3. The third kappa shape index (κ3) is 3.60. The third-order valence-electron chi connectivity index (χ3n) is 3.74. The molecule has 1 unspecified atom stereocenters. The van der Waals surface area contributed by atoms with Crippen molar-refractivity contribution in [2.24, 2.45) is 0 Å². The van der Waals surface area contributed by atoms with E-state index in [2.05, 4.69) is 10.3 Å². The molecule has 0 aliphatic heterocycles. The number of methoxy groups -OCH3 is 1. The summed E-state index contributed by atoms with van der Waals surface area (Å²) < 4.78 is 5.14. The first kappa shape index (κ1) is 15.7. The van der Waals surface area contributed by atoms with E-state index in [0.29, 0.717) is 0 Å². The zero-order valence-corrected chi connectivity index (χ0v) is 13.3. The van der Waals surface area contributed by atoms with Crippen LogP contribution in [-0.2, 0) is 4.79 Å². The van der Waals surface area contributed by atoms with E-state index >= 15 is 0 Å². The summed E-state index contributed by atoms with van der Waals surface area (Å²) >= 11 is 0. The molecule has 1 amide bonds. The molecule has 0 aliphatic carbocycles. The van der Waals surface area contributed by atoms with Gasteiger partial charge in [-0.05, 0) is 42.0 Å². The molecule has 0 radical (unpaired) electrons. The van der Waals surface area contributed by atoms with Gasteiger partial charge >= 0.3 is 0 Å². The average molecular weight is 318 g/mol. The van der Waals surface area contributed by atoms with E-state index in [-0.39, 0.29) is 5.91 Å². The van der Waals surface area contributed by atoms with Crippen LogP contribution in [0.1, 0.15) is 17.2 Å². The third-order valence-corrected chi connectivity index (χ3v) is 3.74. The number of pyridine rings is 1. The van der Waals surface area contributed by atoms with E-state index in [0.717, 1.165) is 22.7 Å². The molecular formula is C20H18N2O2. The maximum absolute atomic E-state index is 12.9. The number of rotatable bonds is 5. The maximum Gasteiger partial charge on any atom is 0.237 e. The molecule has 0 saturated heterocycles. The average Bonchev–Trinajstić information content (AvgIpc) is 2.64. The van der Waals surface area contributed by atoms with Gasteiger partial charge in [-0.3, -0.25) is 9.78 Å². The summed E-state index contributed by atoms with van der Waals surface area (Å²) in [6.07, 6.45) is 1.70. The molecular weight excluding hydrogens is 300 g/mol. The molecule has 1 aromatic heterocycles. The van der Waals surface area contributed by atoms with Crippen molar-refractivity contribution in [2.75, 3.05) is 12.4 Å². The molecule has 0 bridgehead atoms. The number of nitrogens with one attached hydrogen (secondary N) is 1. The molecule has 0 aliphatic rings. The molecule has 0 spiro atoms. The molecule has 4 heteroatoms. The summed E-state index contributed by atoms with van der Waals surface area (Å²) in [5.41, 5.74) is 2.34. The topological polar surface area (TPSA) is 51.2 Å². The van der Waals surface area contributed by atoms with E-state index in [1.165, 1.54) is 0 Å². The van der Waals surface area contributed by atoms with Crippen molar-refractivity contribution in [2.45, 2.75) is 5.92 Å². The second kappa shape index (κ2) is 7.42. The number of hydrogen-bond acceptors (Lipinski definition) is 3. The van der Waals surface area contributed by atoms with E-state index < -0.39 is 5.92 Å². The van der Waals surface area contributed by atoms with Gasteiger partial charge in [-0.25, -0.2) is 0 Å². The van der Waals surface area contributed by atoms with Crippen molar-refractivity contribution < 1.29 is 9.53 Å². The Morgan fingerprint density at radius 3 is 2.29 bits per heavy atom. The summed E-state index contributed by atoms with van der Waals surface area (Å²) in [5, 5.41) is 2.96. The SMILES string of the molecule is COc1ccc(NC(=O)C(c2ccccc2)c2ccccn2)cc1. The second-order valence-electron chi connectivity index (χ2n) is 5.32. The van der Waals surface area contributed by atoms with Gasteiger partial charge in [0.1, 0.15) is 11.7 Å². The summed E-state index contributed by atoms with van der Waals surface area (Å²) in [5.74, 6) is 0.164. The van der Waals surface area contributed by atoms with Crippen molar-refractivity contribution in [3.63, 3.8) is 0 Å². The van der Waals surface area contributed by atoms with Crippen molar-refractivity contribution >= 4 is 11.6 Å². The van der Waals surface area contributed by atoms with Crippen LogP contribution in [0.5, 0.6) is 5.75 Å². The lowest BCUT2D eigenvalue weighted by Crippen LogP contribution is -2.23. The van der Waals surface area contributed by atoms with Crippen LogP contribution >= 0.6 is 0 Å². The zero-order chi connectivity index (χ0) is 16.8. The minimum absolute atomic E-state index is 0.120. The summed E-state index contributed by atoms with van der Waals surface area (Å²) in [6.45, 7) is 0. The Morgan fingerprint density at radius 1 is 0.958 bits per heavy atom. The molecule has 0 saturated carbocycles. The Bertz CT molecular complexity index is 747. The Balaban J connectivity index is 1.89. The molecule has 1 atom stereocenters. The number of hydrogen-bond donors (Lipinski definition) is 1. The van der Waals surface area contributed by atoms with Gasteiger partial charge in [0, 0.05) is 11.9 Å². The Labute approximate surface area is 141 Å². The monoisotopic (exact) mass is 318 g/mol. The molecule has 1 heterocycles. The van der Waals surface area contributed by atoms with Crippen molar-refractivity contribution in [3.05, 3.63) is 90.3 Å².